The molecule has 1 saturated heterocycles. The molecule has 3 N–H and O–H groups in total. The quantitative estimate of drug-likeness (QED) is 0.517. The van der Waals surface area contributed by atoms with Crippen molar-refractivity contribution in [3.05, 3.63) is 64.2 Å². The summed E-state index contributed by atoms with van der Waals surface area (Å²) in [6, 6.07) is 5.36. The molecule has 0 spiro atoms. The average molecular weight is 449 g/mol. The van der Waals surface area contributed by atoms with Gasteiger partial charge in [0.15, 0.2) is 0 Å². The number of primary amides is 1. The maximum absolute atomic E-state index is 12.0. The minimum Gasteiger partial charge on any atom is -0.457 e. The zero-order valence-electron chi connectivity index (χ0n) is 18.0. The van der Waals surface area contributed by atoms with Gasteiger partial charge in [-0.3, -0.25) is 9.69 Å². The first-order valence-corrected chi connectivity index (χ1v) is 10.7. The van der Waals surface area contributed by atoms with Crippen LogP contribution < -0.4 is 5.73 Å². The van der Waals surface area contributed by atoms with E-state index in [0.29, 0.717) is 24.3 Å². The molecule has 33 heavy (non-hydrogen) atoms. The molecule has 11 heteroatoms. The summed E-state index contributed by atoms with van der Waals surface area (Å²) in [6.45, 7) is 3.97. The van der Waals surface area contributed by atoms with Crippen LogP contribution in [0.2, 0.25) is 0 Å². The lowest BCUT2D eigenvalue weighted by atomic mass is 9.95. The highest BCUT2D eigenvalue weighted by atomic mass is 16.5. The maximum Gasteiger partial charge on any atom is 0.338 e. The molecular formula is C22H23N7O4. The lowest BCUT2D eigenvalue weighted by Crippen LogP contribution is -2.27. The van der Waals surface area contributed by atoms with E-state index < -0.39 is 12.0 Å². The first-order valence-electron chi connectivity index (χ1n) is 10.7. The van der Waals surface area contributed by atoms with Crippen molar-refractivity contribution in [2.24, 2.45) is 5.73 Å². The number of cyclic esters (lactones) is 1. The van der Waals surface area contributed by atoms with Gasteiger partial charge < -0.3 is 15.6 Å². The first kappa shape index (κ1) is 21.2. The predicted molar refractivity (Wildman–Crippen MR) is 115 cm³/mol. The number of likely N-dealkylation sites (tertiary alicyclic amines) is 1. The molecule has 5 rings (SSSR count). The zero-order chi connectivity index (χ0) is 23.1. The summed E-state index contributed by atoms with van der Waals surface area (Å²) in [6.07, 6.45) is 3.05. The van der Waals surface area contributed by atoms with Crippen molar-refractivity contribution in [2.75, 3.05) is 19.6 Å². The number of carbonyl (C=O) groups is 2. The average Bonchev–Trinajstić information content (AvgIpc) is 3.55. The number of fused-ring (bicyclic) bond motifs is 1. The molecule has 1 fully saturated rings. The van der Waals surface area contributed by atoms with Gasteiger partial charge in [0.1, 0.15) is 18.6 Å². The van der Waals surface area contributed by atoms with Crippen molar-refractivity contribution >= 4 is 11.9 Å². The topological polar surface area (TPSA) is 149 Å². The number of carbonyl (C=O) groups excluding carboxylic acids is 2. The Bertz CT molecular complexity index is 1230. The number of pyridine rings is 1. The fraction of sp³-hybridized carbons (Fsp3) is 0.364. The molecule has 4 heterocycles. The number of aliphatic hydroxyl groups is 1. The molecule has 2 aromatic heterocycles. The second-order valence-corrected chi connectivity index (χ2v) is 8.39. The molecule has 0 unspecified atom stereocenters. The monoisotopic (exact) mass is 449 g/mol. The second-order valence-electron chi connectivity index (χ2n) is 8.39. The van der Waals surface area contributed by atoms with E-state index in [0.717, 1.165) is 35.2 Å². The third-order valence-electron chi connectivity index (χ3n) is 6.46. The van der Waals surface area contributed by atoms with Crippen LogP contribution in [0.25, 0.3) is 5.69 Å². The van der Waals surface area contributed by atoms with Gasteiger partial charge in [-0.15, -0.1) is 5.10 Å². The number of amides is 1. The first-order chi connectivity index (χ1) is 15.9. The number of aromatic nitrogens is 5. The third kappa shape index (κ3) is 3.85. The van der Waals surface area contributed by atoms with Crippen LogP contribution in [-0.2, 0) is 11.3 Å². The molecular weight excluding hydrogens is 426 g/mol. The SMILES string of the molecule is Cc1c([C@@H](O)CN2CC[C@H](c3cc(-n4cnnn4)cnc3C(N)=O)C2)ccc2c1COC2=O. The summed E-state index contributed by atoms with van der Waals surface area (Å²) in [5.74, 6) is -0.882. The van der Waals surface area contributed by atoms with Gasteiger partial charge in [-0.25, -0.2) is 9.78 Å². The van der Waals surface area contributed by atoms with Crippen LogP contribution in [0.5, 0.6) is 0 Å². The molecule has 2 aliphatic heterocycles. The second kappa shape index (κ2) is 8.34. The summed E-state index contributed by atoms with van der Waals surface area (Å²) in [7, 11) is 0. The Kier molecular flexibility index (Phi) is 5.35. The molecule has 0 bridgehead atoms. The summed E-state index contributed by atoms with van der Waals surface area (Å²) in [5.41, 5.74) is 10.3. The number of tetrazole rings is 1. The van der Waals surface area contributed by atoms with Gasteiger partial charge in [-0.2, -0.15) is 4.68 Å². The number of nitrogens with two attached hydrogens (primary N) is 1. The Morgan fingerprint density at radius 3 is 3.00 bits per heavy atom. The normalized spacial score (nSPS) is 18.8. The summed E-state index contributed by atoms with van der Waals surface area (Å²) < 4.78 is 6.59. The van der Waals surface area contributed by atoms with E-state index in [2.05, 4.69) is 25.4 Å². The number of nitrogens with zero attached hydrogens (tertiary/aromatic N) is 6. The fourth-order valence-corrected chi connectivity index (χ4v) is 4.72. The number of aliphatic hydroxyl groups excluding tert-OH is 1. The molecule has 0 saturated carbocycles. The fourth-order valence-electron chi connectivity index (χ4n) is 4.72. The number of benzene rings is 1. The van der Waals surface area contributed by atoms with Gasteiger partial charge in [-0.1, -0.05) is 6.07 Å². The zero-order valence-corrected chi connectivity index (χ0v) is 18.0. The van der Waals surface area contributed by atoms with E-state index in [-0.39, 0.29) is 24.2 Å². The smallest absolute Gasteiger partial charge is 0.338 e. The van der Waals surface area contributed by atoms with Crippen LogP contribution in [-0.4, -0.2) is 66.7 Å². The highest BCUT2D eigenvalue weighted by Crippen LogP contribution is 2.33. The van der Waals surface area contributed by atoms with Gasteiger partial charge >= 0.3 is 5.97 Å². The van der Waals surface area contributed by atoms with Crippen LogP contribution >= 0.6 is 0 Å². The minimum atomic E-state index is -0.717. The van der Waals surface area contributed by atoms with E-state index in [4.69, 9.17) is 10.5 Å². The number of hydrogen-bond donors (Lipinski definition) is 2. The van der Waals surface area contributed by atoms with Gasteiger partial charge in [0.05, 0.1) is 23.6 Å². The molecule has 1 amide bonds. The molecule has 0 radical (unpaired) electrons. The van der Waals surface area contributed by atoms with E-state index in [1.165, 1.54) is 17.2 Å². The maximum atomic E-state index is 12.0. The van der Waals surface area contributed by atoms with Crippen molar-refractivity contribution in [1.29, 1.82) is 0 Å². The molecule has 170 valence electrons. The van der Waals surface area contributed by atoms with Crippen molar-refractivity contribution in [1.82, 2.24) is 30.1 Å². The summed E-state index contributed by atoms with van der Waals surface area (Å²) >= 11 is 0. The Morgan fingerprint density at radius 2 is 2.24 bits per heavy atom. The Balaban J connectivity index is 1.34. The Labute approximate surface area is 189 Å². The molecule has 3 aromatic rings. The molecule has 11 nitrogen and oxygen atoms in total. The Hall–Kier alpha value is -3.70. The van der Waals surface area contributed by atoms with Crippen LogP contribution in [0.3, 0.4) is 0 Å². The number of ether oxygens (including phenoxy) is 1. The predicted octanol–water partition coefficient (Wildman–Crippen LogP) is 0.658. The van der Waals surface area contributed by atoms with E-state index in [9.17, 15) is 14.7 Å². The van der Waals surface area contributed by atoms with Gasteiger partial charge in [0, 0.05) is 24.6 Å². The molecule has 0 aliphatic carbocycles. The van der Waals surface area contributed by atoms with Crippen molar-refractivity contribution in [3.8, 4) is 5.69 Å². The van der Waals surface area contributed by atoms with Gasteiger partial charge in [0.25, 0.3) is 5.91 Å². The van der Waals surface area contributed by atoms with E-state index in [1.807, 2.05) is 13.0 Å². The standard InChI is InChI=1S/C22H23N7O4/c1-12-15(2-3-16-18(12)10-33-22(16)32)19(30)9-28-5-4-13(8-28)17-6-14(29-11-25-26-27-29)7-24-20(17)21(23)31/h2-3,6-7,11,13,19,30H,4-5,8-10H2,1H3,(H2,23,31)/t13-,19-/m0/s1. The lowest BCUT2D eigenvalue weighted by molar-refractivity contribution is 0.0534. The summed E-state index contributed by atoms with van der Waals surface area (Å²) in [5, 5.41) is 22.1. The van der Waals surface area contributed by atoms with Gasteiger partial charge in [-0.05, 0) is 59.1 Å². The number of esters is 1. The van der Waals surface area contributed by atoms with Crippen LogP contribution in [0.1, 0.15) is 61.5 Å². The van der Waals surface area contributed by atoms with Crippen LogP contribution in [0.15, 0.2) is 30.7 Å². The third-order valence-corrected chi connectivity index (χ3v) is 6.46. The van der Waals surface area contributed by atoms with Gasteiger partial charge in [0.2, 0.25) is 0 Å². The largest absolute Gasteiger partial charge is 0.457 e. The van der Waals surface area contributed by atoms with Crippen molar-refractivity contribution < 1.29 is 19.4 Å². The highest BCUT2D eigenvalue weighted by Gasteiger charge is 2.31. The van der Waals surface area contributed by atoms with Crippen molar-refractivity contribution in [2.45, 2.75) is 32.0 Å². The molecule has 2 aliphatic rings. The molecule has 1 aromatic carbocycles. The van der Waals surface area contributed by atoms with E-state index >= 15 is 0 Å². The summed E-state index contributed by atoms with van der Waals surface area (Å²) in [4.78, 5) is 30.2. The van der Waals surface area contributed by atoms with Crippen LogP contribution in [0, 0.1) is 6.92 Å². The minimum absolute atomic E-state index is 0.0239. The van der Waals surface area contributed by atoms with Crippen LogP contribution in [0.4, 0.5) is 0 Å². The van der Waals surface area contributed by atoms with Crippen molar-refractivity contribution in [3.63, 3.8) is 0 Å². The number of rotatable bonds is 6. The molecule has 2 atom stereocenters. The highest BCUT2D eigenvalue weighted by molar-refractivity contribution is 5.94. The number of hydrogen-bond acceptors (Lipinski definition) is 9. The lowest BCUT2D eigenvalue weighted by Gasteiger charge is -2.22. The number of β-amino-alcohol motifs (C(OH)–C–C–N with tert-alkyl or cyclic N) is 1. The Morgan fingerprint density at radius 1 is 1.39 bits per heavy atom. The van der Waals surface area contributed by atoms with E-state index in [1.54, 1.807) is 12.1 Å².